The van der Waals surface area contributed by atoms with Gasteiger partial charge in [0.25, 0.3) is 0 Å². The third-order valence-corrected chi connectivity index (χ3v) is 5.95. The number of carbonyl (C=O) groups is 2. The number of urea groups is 1. The number of aliphatic carboxylic acids is 1. The molecule has 7 heteroatoms. The van der Waals surface area contributed by atoms with Crippen LogP contribution in [0.3, 0.4) is 0 Å². The third kappa shape index (κ3) is 6.47. The molecule has 1 aliphatic carbocycles. The van der Waals surface area contributed by atoms with E-state index >= 15 is 0 Å². The Morgan fingerprint density at radius 1 is 1.06 bits per heavy atom. The average molecular weight is 441 g/mol. The van der Waals surface area contributed by atoms with Gasteiger partial charge in [-0.15, -0.1) is 0 Å². The van der Waals surface area contributed by atoms with E-state index in [1.807, 2.05) is 55.5 Å². The zero-order valence-electron chi connectivity index (χ0n) is 18.8. The number of nitrogens with zero attached hydrogens (tertiary/aromatic N) is 1. The Bertz CT molecular complexity index is 894. The molecule has 0 bridgehead atoms. The lowest BCUT2D eigenvalue weighted by Crippen LogP contribution is -2.40. The molecule has 0 aromatic heterocycles. The topological polar surface area (TPSA) is 88.1 Å². The number of carboxylic acids is 1. The number of ether oxygens (including phenoxy) is 2. The van der Waals surface area contributed by atoms with Crippen LogP contribution in [0.25, 0.3) is 0 Å². The monoisotopic (exact) mass is 440 g/mol. The summed E-state index contributed by atoms with van der Waals surface area (Å²) in [6, 6.07) is 15.1. The Morgan fingerprint density at radius 3 is 2.38 bits per heavy atom. The molecule has 1 fully saturated rings. The molecule has 0 radical (unpaired) electrons. The van der Waals surface area contributed by atoms with Crippen molar-refractivity contribution in [2.24, 2.45) is 11.8 Å². The van der Waals surface area contributed by atoms with Crippen LogP contribution in [0.5, 0.6) is 5.75 Å². The lowest BCUT2D eigenvalue weighted by Gasteiger charge is -2.30. The van der Waals surface area contributed by atoms with E-state index in [9.17, 15) is 9.59 Å². The number of hydrogen-bond acceptors (Lipinski definition) is 4. The zero-order chi connectivity index (χ0) is 22.9. The van der Waals surface area contributed by atoms with Crippen LogP contribution in [0.1, 0.15) is 31.2 Å². The molecule has 0 spiro atoms. The number of aryl methyl sites for hydroxylation is 1. The van der Waals surface area contributed by atoms with E-state index in [-0.39, 0.29) is 12.6 Å². The Labute approximate surface area is 189 Å². The van der Waals surface area contributed by atoms with Crippen molar-refractivity contribution in [1.29, 1.82) is 0 Å². The standard InChI is InChI=1S/C25H32N2O5/c1-18-14-22(31-2)12-13-23(18)27(21-6-4-3-5-7-21)25(30)26-15-19-8-10-20(11-9-19)16-32-17-24(28)29/h3-7,12-14,19-20H,8-11,15-17H2,1-2H3,(H,26,30)(H,28,29). The second-order valence-electron chi connectivity index (χ2n) is 8.31. The summed E-state index contributed by atoms with van der Waals surface area (Å²) in [5.74, 6) is 0.619. The van der Waals surface area contributed by atoms with Crippen LogP contribution < -0.4 is 15.0 Å². The van der Waals surface area contributed by atoms with Gasteiger partial charge in [0.05, 0.1) is 25.1 Å². The van der Waals surface area contributed by atoms with Gasteiger partial charge in [0.1, 0.15) is 12.4 Å². The second kappa shape index (κ2) is 11.5. The number of hydrogen-bond donors (Lipinski definition) is 2. The molecule has 172 valence electrons. The highest BCUT2D eigenvalue weighted by Gasteiger charge is 2.24. The minimum atomic E-state index is -0.934. The van der Waals surface area contributed by atoms with E-state index in [1.165, 1.54) is 0 Å². The van der Waals surface area contributed by atoms with Crippen LogP contribution in [0.4, 0.5) is 16.2 Å². The first-order chi connectivity index (χ1) is 15.5. The molecule has 2 amide bonds. The maximum atomic E-state index is 13.3. The van der Waals surface area contributed by atoms with E-state index in [4.69, 9.17) is 14.6 Å². The highest BCUT2D eigenvalue weighted by Crippen LogP contribution is 2.32. The van der Waals surface area contributed by atoms with Gasteiger partial charge in [-0.05, 0) is 80.3 Å². The molecule has 2 N–H and O–H groups in total. The normalized spacial score (nSPS) is 18.1. The van der Waals surface area contributed by atoms with Gasteiger partial charge in [-0.25, -0.2) is 9.59 Å². The maximum absolute atomic E-state index is 13.3. The van der Waals surface area contributed by atoms with Crippen LogP contribution in [0.2, 0.25) is 0 Å². The molecule has 0 saturated heterocycles. The molecule has 0 unspecified atom stereocenters. The van der Waals surface area contributed by atoms with Gasteiger partial charge < -0.3 is 19.9 Å². The predicted octanol–water partition coefficient (Wildman–Crippen LogP) is 4.76. The van der Waals surface area contributed by atoms with Crippen molar-refractivity contribution >= 4 is 23.4 Å². The van der Waals surface area contributed by atoms with Crippen LogP contribution in [-0.4, -0.2) is 44.0 Å². The number of rotatable bonds is 9. The van der Waals surface area contributed by atoms with Gasteiger partial charge in [-0.1, -0.05) is 18.2 Å². The molecule has 0 heterocycles. The highest BCUT2D eigenvalue weighted by atomic mass is 16.5. The summed E-state index contributed by atoms with van der Waals surface area (Å²) >= 11 is 0. The van der Waals surface area contributed by atoms with Gasteiger partial charge in [0, 0.05) is 6.54 Å². The van der Waals surface area contributed by atoms with Crippen molar-refractivity contribution < 1.29 is 24.2 Å². The molecule has 1 aliphatic rings. The summed E-state index contributed by atoms with van der Waals surface area (Å²) in [6.07, 6.45) is 3.96. The van der Waals surface area contributed by atoms with Gasteiger partial charge in [0.2, 0.25) is 0 Å². The van der Waals surface area contributed by atoms with E-state index in [0.717, 1.165) is 48.4 Å². The average Bonchev–Trinajstić information content (AvgIpc) is 2.80. The summed E-state index contributed by atoms with van der Waals surface area (Å²) in [7, 11) is 1.63. The summed E-state index contributed by atoms with van der Waals surface area (Å²) < 4.78 is 10.6. The number of carbonyl (C=O) groups excluding carboxylic acids is 1. The Balaban J connectivity index is 1.60. The maximum Gasteiger partial charge on any atom is 0.329 e. The molecule has 0 atom stereocenters. The second-order valence-corrected chi connectivity index (χ2v) is 8.31. The van der Waals surface area contributed by atoms with Crippen LogP contribution in [-0.2, 0) is 9.53 Å². The fraction of sp³-hybridized carbons (Fsp3) is 0.440. The highest BCUT2D eigenvalue weighted by molar-refractivity contribution is 6.00. The Morgan fingerprint density at radius 2 is 1.75 bits per heavy atom. The molecule has 2 aromatic carbocycles. The lowest BCUT2D eigenvalue weighted by molar-refractivity contribution is -0.142. The molecule has 0 aliphatic heterocycles. The number of carboxylic acid groups (broad SMARTS) is 1. The van der Waals surface area contributed by atoms with Crippen molar-refractivity contribution in [3.05, 3.63) is 54.1 Å². The van der Waals surface area contributed by atoms with E-state index in [1.54, 1.807) is 12.0 Å². The summed E-state index contributed by atoms with van der Waals surface area (Å²) in [4.78, 5) is 25.6. The fourth-order valence-corrected chi connectivity index (χ4v) is 4.17. The van der Waals surface area contributed by atoms with Gasteiger partial charge >= 0.3 is 12.0 Å². The fourth-order valence-electron chi connectivity index (χ4n) is 4.17. The molecule has 3 rings (SSSR count). The summed E-state index contributed by atoms with van der Waals surface area (Å²) in [5.41, 5.74) is 2.57. The van der Waals surface area contributed by atoms with Crippen molar-refractivity contribution in [1.82, 2.24) is 5.32 Å². The molecule has 32 heavy (non-hydrogen) atoms. The number of benzene rings is 2. The molecule has 1 saturated carbocycles. The smallest absolute Gasteiger partial charge is 0.329 e. The van der Waals surface area contributed by atoms with Crippen molar-refractivity contribution in [3.8, 4) is 5.75 Å². The number of methoxy groups -OCH3 is 1. The lowest BCUT2D eigenvalue weighted by atomic mass is 9.82. The van der Waals surface area contributed by atoms with E-state index in [2.05, 4.69) is 5.32 Å². The van der Waals surface area contributed by atoms with Crippen molar-refractivity contribution in [3.63, 3.8) is 0 Å². The number of anilines is 2. The first kappa shape index (κ1) is 23.6. The minimum absolute atomic E-state index is 0.156. The van der Waals surface area contributed by atoms with Crippen LogP contribution in [0, 0.1) is 18.8 Å². The third-order valence-electron chi connectivity index (χ3n) is 5.95. The quantitative estimate of drug-likeness (QED) is 0.587. The minimum Gasteiger partial charge on any atom is -0.497 e. The SMILES string of the molecule is COc1ccc(N(C(=O)NCC2CCC(COCC(=O)O)CC2)c2ccccc2)c(C)c1. The predicted molar refractivity (Wildman–Crippen MR) is 124 cm³/mol. The molecular weight excluding hydrogens is 408 g/mol. The van der Waals surface area contributed by atoms with Gasteiger partial charge in [-0.2, -0.15) is 0 Å². The first-order valence-corrected chi connectivity index (χ1v) is 11.0. The van der Waals surface area contributed by atoms with Crippen molar-refractivity contribution in [2.75, 3.05) is 31.8 Å². The van der Waals surface area contributed by atoms with Crippen LogP contribution >= 0.6 is 0 Å². The summed E-state index contributed by atoms with van der Waals surface area (Å²) in [5, 5.41) is 11.8. The number of nitrogens with one attached hydrogen (secondary N) is 1. The van der Waals surface area contributed by atoms with E-state index in [0.29, 0.717) is 25.0 Å². The Hall–Kier alpha value is -3.06. The molecular formula is C25H32N2O5. The largest absolute Gasteiger partial charge is 0.497 e. The summed E-state index contributed by atoms with van der Waals surface area (Å²) in [6.45, 7) is 2.83. The molecule has 7 nitrogen and oxygen atoms in total. The zero-order valence-corrected chi connectivity index (χ0v) is 18.8. The van der Waals surface area contributed by atoms with E-state index < -0.39 is 5.97 Å². The first-order valence-electron chi connectivity index (χ1n) is 11.0. The van der Waals surface area contributed by atoms with Crippen molar-refractivity contribution in [2.45, 2.75) is 32.6 Å². The van der Waals surface area contributed by atoms with Gasteiger partial charge in [-0.3, -0.25) is 4.90 Å². The number of amides is 2. The number of para-hydroxylation sites is 1. The van der Waals surface area contributed by atoms with Gasteiger partial charge in [0.15, 0.2) is 0 Å². The molecule has 2 aromatic rings. The van der Waals surface area contributed by atoms with Crippen LogP contribution in [0.15, 0.2) is 48.5 Å². The Kier molecular flexibility index (Phi) is 8.50.